The van der Waals surface area contributed by atoms with Crippen LogP contribution in [0.3, 0.4) is 0 Å². The SMILES string of the molecule is O=S(O)O/C=C/OS(=O)O. The van der Waals surface area contributed by atoms with Crippen molar-refractivity contribution in [3.8, 4) is 0 Å². The fourth-order valence-corrected chi connectivity index (χ4v) is 0.421. The average Bonchev–Trinajstić information content (AvgIpc) is 1.79. The minimum atomic E-state index is -2.43. The van der Waals surface area contributed by atoms with E-state index in [0.29, 0.717) is 12.5 Å². The van der Waals surface area contributed by atoms with Crippen molar-refractivity contribution < 1.29 is 25.9 Å². The van der Waals surface area contributed by atoms with Gasteiger partial charge in [-0.1, -0.05) is 0 Å². The molecular weight excluding hydrogens is 184 g/mol. The first-order chi connectivity index (χ1) is 4.63. The molecule has 0 saturated carbocycles. The average molecular weight is 188 g/mol. The molecule has 0 saturated heterocycles. The van der Waals surface area contributed by atoms with Crippen molar-refractivity contribution in [2.75, 3.05) is 0 Å². The van der Waals surface area contributed by atoms with Gasteiger partial charge in [-0.2, -0.15) is 8.42 Å². The minimum Gasteiger partial charge on any atom is -0.385 e. The molecule has 0 aliphatic heterocycles. The van der Waals surface area contributed by atoms with E-state index >= 15 is 0 Å². The molecule has 2 unspecified atom stereocenters. The molecule has 2 atom stereocenters. The first kappa shape index (κ1) is 9.56. The molecule has 0 aliphatic rings. The zero-order valence-electron chi connectivity index (χ0n) is 4.50. The molecule has 0 aromatic carbocycles. The van der Waals surface area contributed by atoms with Gasteiger partial charge >= 0.3 is 22.7 Å². The number of hydrogen-bond acceptors (Lipinski definition) is 4. The monoisotopic (exact) mass is 188 g/mol. The second kappa shape index (κ2) is 5.35. The molecule has 0 amide bonds. The van der Waals surface area contributed by atoms with Gasteiger partial charge in [-0.15, -0.1) is 0 Å². The van der Waals surface area contributed by atoms with Crippen molar-refractivity contribution in [1.82, 2.24) is 0 Å². The third kappa shape index (κ3) is 7.56. The second-order valence-electron chi connectivity index (χ2n) is 0.899. The summed E-state index contributed by atoms with van der Waals surface area (Å²) in [7, 11) is 0. The Balaban J connectivity index is 3.38. The van der Waals surface area contributed by atoms with Crippen LogP contribution >= 0.6 is 0 Å². The Morgan fingerprint density at radius 1 is 1.00 bits per heavy atom. The third-order valence-electron chi connectivity index (χ3n) is 0.331. The Kier molecular flexibility index (Phi) is 5.12. The van der Waals surface area contributed by atoms with Gasteiger partial charge in [-0.25, -0.2) is 0 Å². The summed E-state index contributed by atoms with van der Waals surface area (Å²) >= 11 is -4.86. The molecule has 0 aromatic heterocycles. The molecule has 0 radical (unpaired) electrons. The molecule has 0 aromatic rings. The van der Waals surface area contributed by atoms with Gasteiger partial charge < -0.3 is 8.37 Å². The Hall–Kier alpha value is -0.440. The topological polar surface area (TPSA) is 93.1 Å². The molecule has 10 heavy (non-hydrogen) atoms. The highest BCUT2D eigenvalue weighted by Crippen LogP contribution is 1.84. The van der Waals surface area contributed by atoms with Crippen LogP contribution in [0, 0.1) is 0 Å². The lowest BCUT2D eigenvalue weighted by molar-refractivity contribution is 0.383. The molecule has 0 fully saturated rings. The van der Waals surface area contributed by atoms with Crippen LogP contribution in [-0.4, -0.2) is 17.5 Å². The van der Waals surface area contributed by atoms with Gasteiger partial charge in [-0.3, -0.25) is 9.11 Å². The zero-order valence-corrected chi connectivity index (χ0v) is 6.13. The van der Waals surface area contributed by atoms with Gasteiger partial charge in [0.05, 0.1) is 0 Å². The molecular formula is C2H4O6S2. The van der Waals surface area contributed by atoms with E-state index in [-0.39, 0.29) is 0 Å². The van der Waals surface area contributed by atoms with Gasteiger partial charge in [-0.05, 0) is 0 Å². The Labute approximate surface area is 61.8 Å². The summed E-state index contributed by atoms with van der Waals surface area (Å²) in [5.74, 6) is 0. The molecule has 6 nitrogen and oxygen atoms in total. The molecule has 8 heteroatoms. The normalized spacial score (nSPS) is 16.6. The van der Waals surface area contributed by atoms with E-state index < -0.39 is 22.7 Å². The Morgan fingerprint density at radius 3 is 1.50 bits per heavy atom. The first-order valence-electron chi connectivity index (χ1n) is 1.84. The van der Waals surface area contributed by atoms with E-state index in [1.165, 1.54) is 0 Å². The molecule has 2 N–H and O–H groups in total. The fraction of sp³-hybridized carbons (Fsp3) is 0. The first-order valence-corrected chi connectivity index (χ1v) is 3.90. The van der Waals surface area contributed by atoms with Crippen LogP contribution < -0.4 is 0 Å². The van der Waals surface area contributed by atoms with Gasteiger partial charge in [0.2, 0.25) is 0 Å². The Morgan fingerprint density at radius 2 is 1.30 bits per heavy atom. The van der Waals surface area contributed by atoms with Crippen molar-refractivity contribution >= 4 is 22.7 Å². The lowest BCUT2D eigenvalue weighted by atomic mass is 11.1. The van der Waals surface area contributed by atoms with Crippen molar-refractivity contribution in [1.29, 1.82) is 0 Å². The molecule has 0 aliphatic carbocycles. The van der Waals surface area contributed by atoms with E-state index in [1.807, 2.05) is 0 Å². The van der Waals surface area contributed by atoms with Gasteiger partial charge in [0.1, 0.15) is 12.5 Å². The van der Waals surface area contributed by atoms with Crippen LogP contribution in [-0.2, 0) is 31.1 Å². The number of hydrogen-bond donors (Lipinski definition) is 2. The summed E-state index contributed by atoms with van der Waals surface area (Å²) in [6, 6.07) is 0. The van der Waals surface area contributed by atoms with Crippen LogP contribution in [0.4, 0.5) is 0 Å². The highest BCUT2D eigenvalue weighted by molar-refractivity contribution is 7.74. The maximum Gasteiger partial charge on any atom is 0.357 e. The van der Waals surface area contributed by atoms with Crippen molar-refractivity contribution in [3.63, 3.8) is 0 Å². The predicted octanol–water partition coefficient (Wildman–Crippen LogP) is -0.236. The predicted molar refractivity (Wildman–Crippen MR) is 32.9 cm³/mol. The molecule has 0 bridgehead atoms. The summed E-state index contributed by atoms with van der Waals surface area (Å²) in [6.45, 7) is 0. The van der Waals surface area contributed by atoms with Gasteiger partial charge in [0.25, 0.3) is 0 Å². The van der Waals surface area contributed by atoms with Crippen LogP contribution in [0.25, 0.3) is 0 Å². The van der Waals surface area contributed by atoms with E-state index in [9.17, 15) is 8.42 Å². The van der Waals surface area contributed by atoms with E-state index in [0.717, 1.165) is 0 Å². The second-order valence-corrected chi connectivity index (χ2v) is 2.15. The van der Waals surface area contributed by atoms with E-state index in [4.69, 9.17) is 9.11 Å². The molecule has 0 spiro atoms. The maximum absolute atomic E-state index is 9.69. The van der Waals surface area contributed by atoms with Crippen molar-refractivity contribution in [2.45, 2.75) is 0 Å². The summed E-state index contributed by atoms with van der Waals surface area (Å²) in [6.07, 6.45) is 1.34. The number of rotatable bonds is 4. The van der Waals surface area contributed by atoms with Crippen molar-refractivity contribution in [2.24, 2.45) is 0 Å². The van der Waals surface area contributed by atoms with E-state index in [2.05, 4.69) is 8.37 Å². The molecule has 60 valence electrons. The molecule has 0 heterocycles. The van der Waals surface area contributed by atoms with Crippen molar-refractivity contribution in [3.05, 3.63) is 12.5 Å². The van der Waals surface area contributed by atoms with Crippen LogP contribution in [0.1, 0.15) is 0 Å². The van der Waals surface area contributed by atoms with Gasteiger partial charge in [0.15, 0.2) is 0 Å². The van der Waals surface area contributed by atoms with Crippen LogP contribution in [0.15, 0.2) is 12.5 Å². The Bertz CT molecular complexity index is 145. The lowest BCUT2D eigenvalue weighted by Gasteiger charge is -1.89. The summed E-state index contributed by atoms with van der Waals surface area (Å²) < 4.78 is 43.0. The highest BCUT2D eigenvalue weighted by Gasteiger charge is 1.87. The largest absolute Gasteiger partial charge is 0.385 e. The third-order valence-corrected chi connectivity index (χ3v) is 0.883. The minimum absolute atomic E-state index is 0.671. The quantitative estimate of drug-likeness (QED) is 0.467. The molecule has 0 rings (SSSR count). The summed E-state index contributed by atoms with van der Waals surface area (Å²) in [4.78, 5) is 0. The lowest BCUT2D eigenvalue weighted by Crippen LogP contribution is -1.89. The van der Waals surface area contributed by atoms with Crippen LogP contribution in [0.5, 0.6) is 0 Å². The van der Waals surface area contributed by atoms with E-state index in [1.54, 1.807) is 0 Å². The summed E-state index contributed by atoms with van der Waals surface area (Å²) in [5, 5.41) is 0. The van der Waals surface area contributed by atoms with Crippen LogP contribution in [0.2, 0.25) is 0 Å². The van der Waals surface area contributed by atoms with Gasteiger partial charge in [0, 0.05) is 0 Å². The zero-order chi connectivity index (χ0) is 7.98. The summed E-state index contributed by atoms with van der Waals surface area (Å²) in [5.41, 5.74) is 0. The maximum atomic E-state index is 9.69. The highest BCUT2D eigenvalue weighted by atomic mass is 32.2. The smallest absolute Gasteiger partial charge is 0.357 e. The fourth-order valence-electron chi connectivity index (χ4n) is 0.140. The standard InChI is InChI=1S/C2H4O6S2/c3-9(4)7-1-2-8-10(5)6/h1-2H,(H,3,4)(H,5,6)/b2-1+.